The van der Waals surface area contributed by atoms with Crippen molar-refractivity contribution in [3.8, 4) is 0 Å². The molecule has 0 bridgehead atoms. The SMILES string of the molecule is COC(=O)NC(=O)c1c(NC(=O)c2cc(C)no2)sc2c1CCCCC2. The standard InChI is InChI=1S/C17H19N3O5S/c1-9-8-11(25-20-9)14(21)18-16-13(15(22)19-17(23)24-2)10-6-4-3-5-7-12(10)26-16/h8H,3-7H2,1-2H3,(H,18,21)(H,19,22,23). The zero-order valence-corrected chi connectivity index (χ0v) is 15.3. The monoisotopic (exact) mass is 377 g/mol. The third-order valence-electron chi connectivity index (χ3n) is 4.13. The number of ether oxygens (including phenoxy) is 1. The number of nitrogens with zero attached hydrogens (tertiary/aromatic N) is 1. The summed E-state index contributed by atoms with van der Waals surface area (Å²) in [6.45, 7) is 1.71. The number of alkyl carbamates (subject to hydrolysis) is 1. The third-order valence-corrected chi connectivity index (χ3v) is 5.34. The van der Waals surface area contributed by atoms with Gasteiger partial charge in [-0.25, -0.2) is 4.79 Å². The Bertz CT molecular complexity index is 855. The number of carbonyl (C=O) groups is 3. The number of hydrogen-bond donors (Lipinski definition) is 2. The van der Waals surface area contributed by atoms with Crippen molar-refractivity contribution in [2.24, 2.45) is 0 Å². The highest BCUT2D eigenvalue weighted by molar-refractivity contribution is 7.17. The first-order valence-electron chi connectivity index (χ1n) is 8.28. The number of rotatable bonds is 3. The molecular weight excluding hydrogens is 358 g/mol. The van der Waals surface area contributed by atoms with Gasteiger partial charge in [0.15, 0.2) is 0 Å². The van der Waals surface area contributed by atoms with Crippen LogP contribution in [-0.2, 0) is 17.6 Å². The molecule has 2 aromatic heterocycles. The van der Waals surface area contributed by atoms with Crippen LogP contribution in [0.1, 0.15) is 56.3 Å². The number of methoxy groups -OCH3 is 1. The van der Waals surface area contributed by atoms with E-state index < -0.39 is 17.9 Å². The molecule has 8 nitrogen and oxygen atoms in total. The van der Waals surface area contributed by atoms with Gasteiger partial charge >= 0.3 is 6.09 Å². The molecule has 1 aliphatic carbocycles. The minimum absolute atomic E-state index is 0.0606. The topological polar surface area (TPSA) is 111 Å². The van der Waals surface area contributed by atoms with Gasteiger partial charge in [-0.05, 0) is 38.2 Å². The average Bonchev–Trinajstić information content (AvgIpc) is 3.11. The number of aryl methyl sites for hydroxylation is 2. The lowest BCUT2D eigenvalue weighted by molar-refractivity contribution is 0.0937. The second kappa shape index (κ2) is 7.69. The molecule has 1 aliphatic rings. The summed E-state index contributed by atoms with van der Waals surface area (Å²) < 4.78 is 9.47. The molecule has 0 saturated carbocycles. The van der Waals surface area contributed by atoms with Crippen LogP contribution in [-0.4, -0.2) is 30.2 Å². The van der Waals surface area contributed by atoms with Gasteiger partial charge in [0.2, 0.25) is 5.76 Å². The Morgan fingerprint density at radius 1 is 1.19 bits per heavy atom. The van der Waals surface area contributed by atoms with Crippen LogP contribution in [0.4, 0.5) is 9.80 Å². The summed E-state index contributed by atoms with van der Waals surface area (Å²) in [6, 6.07) is 1.52. The highest BCUT2D eigenvalue weighted by Crippen LogP contribution is 2.37. The van der Waals surface area contributed by atoms with E-state index in [2.05, 4.69) is 20.5 Å². The van der Waals surface area contributed by atoms with Crippen molar-refractivity contribution >= 4 is 34.2 Å². The van der Waals surface area contributed by atoms with Crippen LogP contribution in [0.3, 0.4) is 0 Å². The fraction of sp³-hybridized carbons (Fsp3) is 0.412. The zero-order chi connectivity index (χ0) is 18.7. The predicted octanol–water partition coefficient (Wildman–Crippen LogP) is 3.06. The summed E-state index contributed by atoms with van der Waals surface area (Å²) in [7, 11) is 1.19. The summed E-state index contributed by atoms with van der Waals surface area (Å²) in [5.74, 6) is -1.01. The number of imide groups is 1. The number of amides is 3. The van der Waals surface area contributed by atoms with Gasteiger partial charge in [-0.1, -0.05) is 11.6 Å². The Labute approximate surface area is 153 Å². The quantitative estimate of drug-likeness (QED) is 0.796. The van der Waals surface area contributed by atoms with Gasteiger partial charge in [0.25, 0.3) is 11.8 Å². The van der Waals surface area contributed by atoms with Crippen molar-refractivity contribution in [1.29, 1.82) is 0 Å². The van der Waals surface area contributed by atoms with Gasteiger partial charge < -0.3 is 14.6 Å². The molecule has 2 N–H and O–H groups in total. The Kier molecular flexibility index (Phi) is 5.36. The summed E-state index contributed by atoms with van der Waals surface area (Å²) in [5.41, 5.74) is 1.79. The molecule has 26 heavy (non-hydrogen) atoms. The van der Waals surface area contributed by atoms with E-state index in [9.17, 15) is 14.4 Å². The molecule has 0 aromatic carbocycles. The number of hydrogen-bond acceptors (Lipinski definition) is 7. The van der Waals surface area contributed by atoms with Gasteiger partial charge in [-0.2, -0.15) is 0 Å². The number of nitrogens with one attached hydrogen (secondary N) is 2. The van der Waals surface area contributed by atoms with Crippen LogP contribution in [0.25, 0.3) is 0 Å². The maximum Gasteiger partial charge on any atom is 0.413 e. The molecular formula is C17H19N3O5S. The van der Waals surface area contributed by atoms with Gasteiger partial charge in [-0.3, -0.25) is 14.9 Å². The number of thiophene rings is 1. The number of fused-ring (bicyclic) bond motifs is 1. The normalized spacial score (nSPS) is 13.5. The molecule has 3 rings (SSSR count). The van der Waals surface area contributed by atoms with Crippen LogP contribution in [0.15, 0.2) is 10.6 Å². The first kappa shape index (κ1) is 18.1. The summed E-state index contributed by atoms with van der Waals surface area (Å²) in [4.78, 5) is 37.5. The fourth-order valence-electron chi connectivity index (χ4n) is 2.91. The highest BCUT2D eigenvalue weighted by atomic mass is 32.1. The van der Waals surface area contributed by atoms with Crippen LogP contribution < -0.4 is 10.6 Å². The Morgan fingerprint density at radius 2 is 1.96 bits per heavy atom. The molecule has 0 atom stereocenters. The summed E-state index contributed by atoms with van der Waals surface area (Å²) in [5, 5.41) is 8.99. The van der Waals surface area contributed by atoms with Crippen LogP contribution in [0.2, 0.25) is 0 Å². The first-order valence-corrected chi connectivity index (χ1v) is 9.09. The minimum atomic E-state index is -0.841. The van der Waals surface area contributed by atoms with Gasteiger partial charge in [0.05, 0.1) is 18.4 Å². The summed E-state index contributed by atoms with van der Waals surface area (Å²) >= 11 is 1.36. The smallest absolute Gasteiger partial charge is 0.413 e. The molecule has 3 amide bonds. The second-order valence-electron chi connectivity index (χ2n) is 6.00. The number of anilines is 1. The van der Waals surface area contributed by atoms with Crippen molar-refractivity contribution in [3.05, 3.63) is 33.5 Å². The zero-order valence-electron chi connectivity index (χ0n) is 14.5. The van der Waals surface area contributed by atoms with Crippen LogP contribution in [0.5, 0.6) is 0 Å². The lowest BCUT2D eigenvalue weighted by Crippen LogP contribution is -2.31. The molecule has 2 heterocycles. The van der Waals surface area contributed by atoms with Crippen molar-refractivity contribution < 1.29 is 23.6 Å². The molecule has 2 aromatic rings. The molecule has 0 spiro atoms. The fourth-order valence-corrected chi connectivity index (χ4v) is 4.19. The largest absolute Gasteiger partial charge is 0.453 e. The van der Waals surface area contributed by atoms with Gasteiger partial charge in [-0.15, -0.1) is 11.3 Å². The van der Waals surface area contributed by atoms with Crippen molar-refractivity contribution in [3.63, 3.8) is 0 Å². The maximum atomic E-state index is 12.6. The lowest BCUT2D eigenvalue weighted by Gasteiger charge is -2.08. The number of aromatic nitrogens is 1. The van der Waals surface area contributed by atoms with E-state index in [1.165, 1.54) is 24.5 Å². The number of carbonyl (C=O) groups excluding carboxylic acids is 3. The first-order chi connectivity index (χ1) is 12.5. The van der Waals surface area contributed by atoms with Gasteiger partial charge in [0.1, 0.15) is 5.00 Å². The Balaban J connectivity index is 1.94. The Hall–Kier alpha value is -2.68. The van der Waals surface area contributed by atoms with E-state index in [4.69, 9.17) is 4.52 Å². The molecule has 0 fully saturated rings. The molecule has 0 aliphatic heterocycles. The average molecular weight is 377 g/mol. The van der Waals surface area contributed by atoms with E-state index in [0.717, 1.165) is 42.5 Å². The van der Waals surface area contributed by atoms with Crippen molar-refractivity contribution in [1.82, 2.24) is 10.5 Å². The van der Waals surface area contributed by atoms with Crippen molar-refractivity contribution in [2.45, 2.75) is 39.0 Å². The van der Waals surface area contributed by atoms with E-state index in [1.807, 2.05) is 0 Å². The minimum Gasteiger partial charge on any atom is -0.453 e. The molecule has 9 heteroatoms. The van der Waals surface area contributed by atoms with E-state index >= 15 is 0 Å². The van der Waals surface area contributed by atoms with E-state index in [0.29, 0.717) is 16.3 Å². The third kappa shape index (κ3) is 3.77. The van der Waals surface area contributed by atoms with Crippen molar-refractivity contribution in [2.75, 3.05) is 12.4 Å². The maximum absolute atomic E-state index is 12.6. The predicted molar refractivity (Wildman–Crippen MR) is 94.6 cm³/mol. The molecule has 0 radical (unpaired) electrons. The molecule has 0 unspecified atom stereocenters. The van der Waals surface area contributed by atoms with Crippen LogP contribution in [0, 0.1) is 6.92 Å². The van der Waals surface area contributed by atoms with Crippen LogP contribution >= 0.6 is 11.3 Å². The highest BCUT2D eigenvalue weighted by Gasteiger charge is 2.27. The van der Waals surface area contributed by atoms with E-state index in [-0.39, 0.29) is 5.76 Å². The molecule has 138 valence electrons. The lowest BCUT2D eigenvalue weighted by atomic mass is 10.0. The van der Waals surface area contributed by atoms with E-state index in [1.54, 1.807) is 6.92 Å². The second-order valence-corrected chi connectivity index (χ2v) is 7.11. The van der Waals surface area contributed by atoms with Gasteiger partial charge in [0, 0.05) is 10.9 Å². The summed E-state index contributed by atoms with van der Waals surface area (Å²) in [6.07, 6.45) is 3.80. The molecule has 0 saturated heterocycles. The Morgan fingerprint density at radius 3 is 2.65 bits per heavy atom.